The number of benzene rings is 2. The number of hydrogen-bond donors (Lipinski definition) is 3. The first-order valence-corrected chi connectivity index (χ1v) is 12.2. The molecule has 0 aliphatic heterocycles. The van der Waals surface area contributed by atoms with Gasteiger partial charge in [-0.25, -0.2) is 0 Å². The monoisotopic (exact) mass is 480 g/mol. The van der Waals surface area contributed by atoms with Gasteiger partial charge >= 0.3 is 0 Å². The third kappa shape index (κ3) is 7.64. The smallest absolute Gasteiger partial charge is 0.249 e. The highest BCUT2D eigenvalue weighted by molar-refractivity contribution is 7.18. The molecule has 1 aromatic heterocycles. The highest BCUT2D eigenvalue weighted by Crippen LogP contribution is 2.28. The first-order valence-electron chi connectivity index (χ1n) is 11.4. The number of hydrogen-bond acceptors (Lipinski definition) is 7. The molecule has 180 valence electrons. The lowest BCUT2D eigenvalue weighted by Crippen LogP contribution is -2.45. The molecule has 4 N–H and O–H groups in total. The molecule has 0 fully saturated rings. The minimum atomic E-state index is -0.712. The molecule has 1 atom stereocenters. The van der Waals surface area contributed by atoms with Crippen LogP contribution in [0.15, 0.2) is 54.6 Å². The Bertz CT molecular complexity index is 1050. The molecule has 2 amide bonds. The van der Waals surface area contributed by atoms with Gasteiger partial charge in [-0.15, -0.1) is 10.2 Å². The summed E-state index contributed by atoms with van der Waals surface area (Å²) in [5.41, 5.74) is 8.49. The van der Waals surface area contributed by atoms with Crippen LogP contribution in [0.25, 0.3) is 10.6 Å². The van der Waals surface area contributed by atoms with Crippen LogP contribution in [0, 0.1) is 0 Å². The molecule has 3 aromatic rings. The normalized spacial score (nSPS) is 11.6. The molecule has 0 aliphatic carbocycles. The van der Waals surface area contributed by atoms with Crippen molar-refractivity contribution in [2.45, 2.75) is 38.1 Å². The summed E-state index contributed by atoms with van der Waals surface area (Å²) in [6.07, 6.45) is 3.28. The van der Waals surface area contributed by atoms with Crippen LogP contribution in [-0.4, -0.2) is 48.7 Å². The van der Waals surface area contributed by atoms with Gasteiger partial charge in [0.25, 0.3) is 0 Å². The molecule has 34 heavy (non-hydrogen) atoms. The lowest BCUT2D eigenvalue weighted by molar-refractivity contribution is -0.126. The number of anilines is 2. The fraction of sp³-hybridized carbons (Fsp3) is 0.360. The summed E-state index contributed by atoms with van der Waals surface area (Å²) in [5.74, 6) is -0.461. The minimum Gasteiger partial charge on any atom is -0.378 e. The van der Waals surface area contributed by atoms with E-state index in [1.54, 1.807) is 0 Å². The number of aromatic nitrogens is 2. The van der Waals surface area contributed by atoms with Crippen LogP contribution in [0.5, 0.6) is 0 Å². The SMILES string of the molecule is CN(C)c1ccc(-c2nnc(NC(=O)C(Cc3ccccc3)NC(=O)CCCCCN)s2)cc1. The maximum absolute atomic E-state index is 13.1. The van der Waals surface area contributed by atoms with Crippen molar-refractivity contribution in [2.24, 2.45) is 5.73 Å². The zero-order valence-corrected chi connectivity index (χ0v) is 20.5. The predicted molar refractivity (Wildman–Crippen MR) is 138 cm³/mol. The summed E-state index contributed by atoms with van der Waals surface area (Å²) in [6.45, 7) is 0.615. The van der Waals surface area contributed by atoms with E-state index >= 15 is 0 Å². The Morgan fingerprint density at radius 2 is 1.74 bits per heavy atom. The van der Waals surface area contributed by atoms with Crippen molar-refractivity contribution in [1.82, 2.24) is 15.5 Å². The highest BCUT2D eigenvalue weighted by atomic mass is 32.1. The van der Waals surface area contributed by atoms with Gasteiger partial charge in [0.15, 0.2) is 0 Å². The fourth-order valence-corrected chi connectivity index (χ4v) is 4.17. The second kappa shape index (κ2) is 12.8. The minimum absolute atomic E-state index is 0.146. The Balaban J connectivity index is 1.66. The van der Waals surface area contributed by atoms with E-state index in [0.717, 1.165) is 36.1 Å². The molecule has 3 rings (SSSR count). The molecule has 8 nitrogen and oxygen atoms in total. The van der Waals surface area contributed by atoms with Gasteiger partial charge in [0, 0.05) is 38.2 Å². The topological polar surface area (TPSA) is 113 Å². The van der Waals surface area contributed by atoms with Gasteiger partial charge in [-0.3, -0.25) is 14.9 Å². The van der Waals surface area contributed by atoms with E-state index in [1.165, 1.54) is 11.3 Å². The number of rotatable bonds is 12. The second-order valence-corrected chi connectivity index (χ2v) is 9.23. The Morgan fingerprint density at radius 1 is 1.00 bits per heavy atom. The van der Waals surface area contributed by atoms with Crippen molar-refractivity contribution in [2.75, 3.05) is 30.9 Å². The van der Waals surface area contributed by atoms with Crippen molar-refractivity contribution in [3.63, 3.8) is 0 Å². The Kier molecular flexibility index (Phi) is 9.54. The van der Waals surface area contributed by atoms with Crippen LogP contribution in [0.2, 0.25) is 0 Å². The van der Waals surface area contributed by atoms with Gasteiger partial charge in [-0.2, -0.15) is 0 Å². The Morgan fingerprint density at radius 3 is 2.41 bits per heavy atom. The summed E-state index contributed by atoms with van der Waals surface area (Å²) in [7, 11) is 3.97. The molecule has 1 heterocycles. The lowest BCUT2D eigenvalue weighted by Gasteiger charge is -2.18. The van der Waals surface area contributed by atoms with E-state index in [-0.39, 0.29) is 11.8 Å². The predicted octanol–water partition coefficient (Wildman–Crippen LogP) is 3.46. The van der Waals surface area contributed by atoms with E-state index in [4.69, 9.17) is 5.73 Å². The molecule has 0 bridgehead atoms. The van der Waals surface area contributed by atoms with E-state index < -0.39 is 6.04 Å². The fourth-order valence-electron chi connectivity index (χ4n) is 3.42. The number of nitrogens with two attached hydrogens (primary N) is 1. The summed E-state index contributed by atoms with van der Waals surface area (Å²) >= 11 is 1.30. The third-order valence-corrected chi connectivity index (χ3v) is 6.22. The molecule has 0 saturated carbocycles. The molecule has 0 aliphatic rings. The van der Waals surface area contributed by atoms with Gasteiger partial charge in [-0.1, -0.05) is 48.1 Å². The van der Waals surface area contributed by atoms with Gasteiger partial charge < -0.3 is 16.0 Å². The molecule has 1 unspecified atom stereocenters. The first-order chi connectivity index (χ1) is 16.5. The molecular formula is C25H32N6O2S. The summed E-state index contributed by atoms with van der Waals surface area (Å²) < 4.78 is 0. The maximum Gasteiger partial charge on any atom is 0.249 e. The summed E-state index contributed by atoms with van der Waals surface area (Å²) in [6, 6.07) is 16.9. The van der Waals surface area contributed by atoms with Crippen LogP contribution >= 0.6 is 11.3 Å². The van der Waals surface area contributed by atoms with Crippen LogP contribution in [0.3, 0.4) is 0 Å². The van der Waals surface area contributed by atoms with E-state index in [9.17, 15) is 9.59 Å². The maximum atomic E-state index is 13.1. The van der Waals surface area contributed by atoms with Crippen LogP contribution in [0.4, 0.5) is 10.8 Å². The largest absolute Gasteiger partial charge is 0.378 e. The number of nitrogens with zero attached hydrogens (tertiary/aromatic N) is 3. The zero-order chi connectivity index (χ0) is 24.3. The van der Waals surface area contributed by atoms with Crippen molar-refractivity contribution >= 4 is 34.0 Å². The number of unbranched alkanes of at least 4 members (excludes halogenated alkanes) is 2. The number of carbonyl (C=O) groups is 2. The number of amides is 2. The van der Waals surface area contributed by atoms with Crippen molar-refractivity contribution in [3.8, 4) is 10.6 Å². The number of carbonyl (C=O) groups excluding carboxylic acids is 2. The highest BCUT2D eigenvalue weighted by Gasteiger charge is 2.22. The molecule has 0 radical (unpaired) electrons. The Hall–Kier alpha value is -3.30. The van der Waals surface area contributed by atoms with Gasteiger partial charge in [-0.05, 0) is 49.2 Å². The molecule has 2 aromatic carbocycles. The lowest BCUT2D eigenvalue weighted by atomic mass is 10.0. The standard InChI is InChI=1S/C25H32N6O2S/c1-31(2)20-14-12-19(13-15-20)24-29-30-25(34-24)28-23(33)21(17-18-9-5-3-6-10-18)27-22(32)11-7-4-8-16-26/h3,5-6,9-10,12-15,21H,4,7-8,11,16-17,26H2,1-2H3,(H,27,32)(H,28,30,33). The van der Waals surface area contributed by atoms with E-state index in [2.05, 4.69) is 20.8 Å². The van der Waals surface area contributed by atoms with Crippen molar-refractivity contribution in [3.05, 3.63) is 60.2 Å². The average molecular weight is 481 g/mol. The molecular weight excluding hydrogens is 448 g/mol. The zero-order valence-electron chi connectivity index (χ0n) is 19.7. The first kappa shape index (κ1) is 25.3. The summed E-state index contributed by atoms with van der Waals surface area (Å²) in [5, 5.41) is 15.2. The van der Waals surface area contributed by atoms with Gasteiger partial charge in [0.05, 0.1) is 0 Å². The quantitative estimate of drug-likeness (QED) is 0.342. The second-order valence-electron chi connectivity index (χ2n) is 8.25. The molecule has 9 heteroatoms. The molecule has 0 spiro atoms. The van der Waals surface area contributed by atoms with Crippen LogP contribution < -0.4 is 21.3 Å². The van der Waals surface area contributed by atoms with Gasteiger partial charge in [0.2, 0.25) is 16.9 Å². The van der Waals surface area contributed by atoms with Crippen molar-refractivity contribution < 1.29 is 9.59 Å². The van der Waals surface area contributed by atoms with E-state index in [0.29, 0.717) is 29.5 Å². The molecule has 0 saturated heterocycles. The number of nitrogens with one attached hydrogen (secondary N) is 2. The summed E-state index contributed by atoms with van der Waals surface area (Å²) in [4.78, 5) is 27.6. The Labute approximate surface area is 204 Å². The van der Waals surface area contributed by atoms with Gasteiger partial charge in [0.1, 0.15) is 11.0 Å². The van der Waals surface area contributed by atoms with Crippen LogP contribution in [0.1, 0.15) is 31.2 Å². The average Bonchev–Trinajstić information content (AvgIpc) is 3.30. The third-order valence-electron chi connectivity index (χ3n) is 5.33. The van der Waals surface area contributed by atoms with Crippen LogP contribution in [-0.2, 0) is 16.0 Å². The van der Waals surface area contributed by atoms with Crippen molar-refractivity contribution in [1.29, 1.82) is 0 Å². The van der Waals surface area contributed by atoms with E-state index in [1.807, 2.05) is 73.6 Å².